The van der Waals surface area contributed by atoms with Crippen molar-refractivity contribution in [2.24, 2.45) is 0 Å². The van der Waals surface area contributed by atoms with Crippen molar-refractivity contribution in [3.63, 3.8) is 0 Å². The van der Waals surface area contributed by atoms with Gasteiger partial charge in [0.05, 0.1) is 12.5 Å². The molecular formula is C18H17ClN2O4. The molecule has 2 aromatic carbocycles. The van der Waals surface area contributed by atoms with Crippen LogP contribution in [-0.4, -0.2) is 18.6 Å². The molecule has 0 spiro atoms. The first-order chi connectivity index (χ1) is 12.0. The highest BCUT2D eigenvalue weighted by Gasteiger charge is 2.20. The summed E-state index contributed by atoms with van der Waals surface area (Å²) in [7, 11) is 0. The Kier molecular flexibility index (Phi) is 5.09. The van der Waals surface area contributed by atoms with E-state index in [4.69, 9.17) is 21.1 Å². The van der Waals surface area contributed by atoms with Crippen molar-refractivity contribution in [3.05, 3.63) is 53.1 Å². The Bertz CT molecular complexity index is 809. The highest BCUT2D eigenvalue weighted by molar-refractivity contribution is 6.31. The van der Waals surface area contributed by atoms with Gasteiger partial charge in [0.1, 0.15) is 0 Å². The standard InChI is InChI=1S/C18H17ClN2O4/c1-11(22)20-15(13-4-2-3-5-14(13)19)9-18(23)21-12-6-7-16-17(8-12)25-10-24-16/h2-8,15H,9-10H2,1H3,(H,20,22)(H,21,23)/t15-/m1/s1. The van der Waals surface area contributed by atoms with Crippen molar-refractivity contribution in [1.29, 1.82) is 0 Å². The predicted molar refractivity (Wildman–Crippen MR) is 93.8 cm³/mol. The normalized spacial score (nSPS) is 13.2. The van der Waals surface area contributed by atoms with Gasteiger partial charge in [0.2, 0.25) is 18.6 Å². The minimum Gasteiger partial charge on any atom is -0.454 e. The Morgan fingerprint density at radius 2 is 1.92 bits per heavy atom. The molecular weight excluding hydrogens is 344 g/mol. The summed E-state index contributed by atoms with van der Waals surface area (Å²) >= 11 is 6.20. The maximum absolute atomic E-state index is 12.4. The molecule has 0 aromatic heterocycles. The van der Waals surface area contributed by atoms with Crippen LogP contribution in [0.15, 0.2) is 42.5 Å². The number of rotatable bonds is 5. The Morgan fingerprint density at radius 3 is 2.68 bits per heavy atom. The third-order valence-corrected chi connectivity index (χ3v) is 4.05. The van der Waals surface area contributed by atoms with Crippen LogP contribution in [0.3, 0.4) is 0 Å². The van der Waals surface area contributed by atoms with Crippen LogP contribution in [0, 0.1) is 0 Å². The minimum absolute atomic E-state index is 0.0533. The molecule has 2 N–H and O–H groups in total. The maximum Gasteiger partial charge on any atom is 0.231 e. The Balaban J connectivity index is 1.72. The highest BCUT2D eigenvalue weighted by atomic mass is 35.5. The summed E-state index contributed by atoms with van der Waals surface area (Å²) in [5.74, 6) is 0.742. The van der Waals surface area contributed by atoms with Crippen molar-refractivity contribution in [1.82, 2.24) is 5.32 Å². The lowest BCUT2D eigenvalue weighted by molar-refractivity contribution is -0.120. The molecule has 2 aromatic rings. The van der Waals surface area contributed by atoms with Gasteiger partial charge in [-0.2, -0.15) is 0 Å². The zero-order valence-corrected chi connectivity index (χ0v) is 14.3. The van der Waals surface area contributed by atoms with E-state index in [1.807, 2.05) is 6.07 Å². The summed E-state index contributed by atoms with van der Waals surface area (Å²) in [5, 5.41) is 6.06. The maximum atomic E-state index is 12.4. The van der Waals surface area contributed by atoms with E-state index in [1.165, 1.54) is 6.92 Å². The number of amides is 2. The van der Waals surface area contributed by atoms with Crippen LogP contribution in [0.25, 0.3) is 0 Å². The number of hydrogen-bond acceptors (Lipinski definition) is 4. The highest BCUT2D eigenvalue weighted by Crippen LogP contribution is 2.34. The summed E-state index contributed by atoms with van der Waals surface area (Å²) in [6.45, 7) is 1.57. The van der Waals surface area contributed by atoms with Gasteiger partial charge in [-0.25, -0.2) is 0 Å². The number of halogens is 1. The molecule has 0 fully saturated rings. The van der Waals surface area contributed by atoms with E-state index < -0.39 is 6.04 Å². The lowest BCUT2D eigenvalue weighted by atomic mass is 10.0. The monoisotopic (exact) mass is 360 g/mol. The van der Waals surface area contributed by atoms with Crippen LogP contribution >= 0.6 is 11.6 Å². The Labute approximate surface area is 150 Å². The number of hydrogen-bond donors (Lipinski definition) is 2. The molecule has 25 heavy (non-hydrogen) atoms. The van der Waals surface area contributed by atoms with Crippen molar-refractivity contribution in [2.75, 3.05) is 12.1 Å². The summed E-state index contributed by atoms with van der Waals surface area (Å²) in [5.41, 5.74) is 1.29. The largest absolute Gasteiger partial charge is 0.454 e. The Morgan fingerprint density at radius 1 is 1.16 bits per heavy atom. The predicted octanol–water partition coefficient (Wildman–Crippen LogP) is 3.27. The van der Waals surface area contributed by atoms with Crippen LogP contribution in [-0.2, 0) is 9.59 Å². The van der Waals surface area contributed by atoms with E-state index in [1.54, 1.807) is 36.4 Å². The fourth-order valence-electron chi connectivity index (χ4n) is 2.61. The second kappa shape index (κ2) is 7.44. The van der Waals surface area contributed by atoms with E-state index >= 15 is 0 Å². The van der Waals surface area contributed by atoms with Crippen LogP contribution in [0.1, 0.15) is 24.9 Å². The topological polar surface area (TPSA) is 76.7 Å². The molecule has 6 nitrogen and oxygen atoms in total. The lowest BCUT2D eigenvalue weighted by Crippen LogP contribution is -2.30. The number of ether oxygens (including phenoxy) is 2. The van der Waals surface area contributed by atoms with E-state index in [-0.39, 0.29) is 25.0 Å². The molecule has 130 valence electrons. The SMILES string of the molecule is CC(=O)N[C@H](CC(=O)Nc1ccc2c(c1)OCO2)c1ccccc1Cl. The average molecular weight is 361 g/mol. The first kappa shape index (κ1) is 17.1. The summed E-state index contributed by atoms with van der Waals surface area (Å²) in [6, 6.07) is 11.8. The molecule has 1 aliphatic heterocycles. The van der Waals surface area contributed by atoms with E-state index in [0.717, 1.165) is 0 Å². The van der Waals surface area contributed by atoms with Crippen LogP contribution in [0.4, 0.5) is 5.69 Å². The van der Waals surface area contributed by atoms with Gasteiger partial charge in [0, 0.05) is 23.7 Å². The van der Waals surface area contributed by atoms with Gasteiger partial charge < -0.3 is 20.1 Å². The fourth-order valence-corrected chi connectivity index (χ4v) is 2.88. The molecule has 1 heterocycles. The number of carbonyl (C=O) groups is 2. The molecule has 0 saturated carbocycles. The first-order valence-electron chi connectivity index (χ1n) is 7.74. The molecule has 0 saturated heterocycles. The van der Waals surface area contributed by atoms with Crippen LogP contribution in [0.2, 0.25) is 5.02 Å². The van der Waals surface area contributed by atoms with Crippen molar-refractivity contribution in [2.45, 2.75) is 19.4 Å². The van der Waals surface area contributed by atoms with Crippen molar-refractivity contribution >= 4 is 29.1 Å². The van der Waals surface area contributed by atoms with Gasteiger partial charge >= 0.3 is 0 Å². The first-order valence-corrected chi connectivity index (χ1v) is 8.12. The third-order valence-electron chi connectivity index (χ3n) is 3.70. The van der Waals surface area contributed by atoms with Gasteiger partial charge in [0.25, 0.3) is 0 Å². The van der Waals surface area contributed by atoms with Gasteiger partial charge in [-0.15, -0.1) is 0 Å². The second-order valence-electron chi connectivity index (χ2n) is 5.59. The number of nitrogens with one attached hydrogen (secondary N) is 2. The van der Waals surface area contributed by atoms with E-state index in [9.17, 15) is 9.59 Å². The molecule has 0 radical (unpaired) electrons. The Hall–Kier alpha value is -2.73. The van der Waals surface area contributed by atoms with Crippen LogP contribution in [0.5, 0.6) is 11.5 Å². The van der Waals surface area contributed by atoms with Gasteiger partial charge in [-0.1, -0.05) is 29.8 Å². The number of anilines is 1. The van der Waals surface area contributed by atoms with Gasteiger partial charge in [-0.05, 0) is 23.8 Å². The summed E-state index contributed by atoms with van der Waals surface area (Å²) in [4.78, 5) is 23.9. The second-order valence-corrected chi connectivity index (χ2v) is 6.00. The minimum atomic E-state index is -0.514. The fraction of sp³-hybridized carbons (Fsp3) is 0.222. The number of carbonyl (C=O) groups excluding carboxylic acids is 2. The molecule has 7 heteroatoms. The number of fused-ring (bicyclic) bond motifs is 1. The molecule has 0 unspecified atom stereocenters. The van der Waals surface area contributed by atoms with Gasteiger partial charge in [0.15, 0.2) is 11.5 Å². The summed E-state index contributed by atoms with van der Waals surface area (Å²) < 4.78 is 10.5. The molecule has 0 bridgehead atoms. The lowest BCUT2D eigenvalue weighted by Gasteiger charge is -2.19. The average Bonchev–Trinajstić information content (AvgIpc) is 3.02. The molecule has 3 rings (SSSR count). The van der Waals surface area contributed by atoms with Crippen molar-refractivity contribution < 1.29 is 19.1 Å². The molecule has 1 atom stereocenters. The molecule has 1 aliphatic rings. The zero-order valence-electron chi connectivity index (χ0n) is 13.5. The van der Waals surface area contributed by atoms with E-state index in [0.29, 0.717) is 27.8 Å². The van der Waals surface area contributed by atoms with Gasteiger partial charge in [-0.3, -0.25) is 9.59 Å². The third kappa shape index (κ3) is 4.22. The number of benzene rings is 2. The van der Waals surface area contributed by atoms with Crippen molar-refractivity contribution in [3.8, 4) is 11.5 Å². The summed E-state index contributed by atoms with van der Waals surface area (Å²) in [6.07, 6.45) is 0.0533. The smallest absolute Gasteiger partial charge is 0.231 e. The van der Waals surface area contributed by atoms with E-state index in [2.05, 4.69) is 10.6 Å². The molecule has 0 aliphatic carbocycles. The molecule has 2 amide bonds. The van der Waals surface area contributed by atoms with Crippen LogP contribution < -0.4 is 20.1 Å². The zero-order chi connectivity index (χ0) is 17.8. The quantitative estimate of drug-likeness (QED) is 0.858.